The molecular weight excluding hydrogens is 245 g/mol. The number of nitrogens with two attached hydrogens (primary N) is 1. The quantitative estimate of drug-likeness (QED) is 0.645. The molecule has 0 amide bonds. The molecule has 0 saturated heterocycles. The molecule has 1 fully saturated rings. The van der Waals surface area contributed by atoms with Crippen LogP contribution in [0.5, 0.6) is 0 Å². The summed E-state index contributed by atoms with van der Waals surface area (Å²) >= 11 is 0. The van der Waals surface area contributed by atoms with Crippen molar-refractivity contribution >= 4 is 11.8 Å². The molecule has 1 aliphatic carbocycles. The van der Waals surface area contributed by atoms with Gasteiger partial charge in [-0.25, -0.2) is 4.98 Å². The number of nitrogens with one attached hydrogen (secondary N) is 1. The SMILES string of the molecule is NC(=NCC1(C(F)(F)F)CC1)Nc1ccccn1. The second-order valence-corrected chi connectivity index (χ2v) is 4.32. The van der Waals surface area contributed by atoms with Crippen molar-refractivity contribution in [2.75, 3.05) is 11.9 Å². The van der Waals surface area contributed by atoms with Crippen molar-refractivity contribution in [1.82, 2.24) is 4.98 Å². The van der Waals surface area contributed by atoms with Crippen LogP contribution in [0.25, 0.3) is 0 Å². The third kappa shape index (κ3) is 2.72. The highest BCUT2D eigenvalue weighted by atomic mass is 19.4. The molecule has 3 N–H and O–H groups in total. The van der Waals surface area contributed by atoms with E-state index in [1.165, 1.54) is 0 Å². The highest BCUT2D eigenvalue weighted by Gasteiger charge is 2.63. The van der Waals surface area contributed by atoms with E-state index >= 15 is 0 Å². The van der Waals surface area contributed by atoms with Gasteiger partial charge in [0, 0.05) is 6.20 Å². The Morgan fingerprint density at radius 2 is 2.17 bits per heavy atom. The van der Waals surface area contributed by atoms with E-state index in [1.807, 2.05) is 0 Å². The number of alkyl halides is 3. The number of aromatic nitrogens is 1. The van der Waals surface area contributed by atoms with Gasteiger partial charge in [-0.1, -0.05) is 6.07 Å². The zero-order valence-electron chi connectivity index (χ0n) is 9.54. The lowest BCUT2D eigenvalue weighted by Gasteiger charge is -2.16. The van der Waals surface area contributed by atoms with E-state index in [0.29, 0.717) is 5.82 Å². The second kappa shape index (κ2) is 4.47. The van der Waals surface area contributed by atoms with Crippen molar-refractivity contribution < 1.29 is 13.2 Å². The molecule has 0 aliphatic heterocycles. The van der Waals surface area contributed by atoms with Gasteiger partial charge < -0.3 is 11.1 Å². The Balaban J connectivity index is 1.94. The molecule has 0 radical (unpaired) electrons. The minimum Gasteiger partial charge on any atom is -0.370 e. The fourth-order valence-corrected chi connectivity index (χ4v) is 1.53. The first-order valence-electron chi connectivity index (χ1n) is 5.48. The lowest BCUT2D eigenvalue weighted by atomic mass is 10.1. The molecule has 0 spiro atoms. The minimum atomic E-state index is -4.21. The Morgan fingerprint density at radius 1 is 1.44 bits per heavy atom. The summed E-state index contributed by atoms with van der Waals surface area (Å²) < 4.78 is 37.9. The summed E-state index contributed by atoms with van der Waals surface area (Å²) in [6.45, 7) is -0.331. The van der Waals surface area contributed by atoms with Crippen molar-refractivity contribution in [3.8, 4) is 0 Å². The summed E-state index contributed by atoms with van der Waals surface area (Å²) in [6, 6.07) is 5.11. The number of halogens is 3. The van der Waals surface area contributed by atoms with Crippen LogP contribution in [0.2, 0.25) is 0 Å². The normalized spacial score (nSPS) is 18.5. The molecule has 1 aliphatic rings. The second-order valence-electron chi connectivity index (χ2n) is 4.32. The lowest BCUT2D eigenvalue weighted by molar-refractivity contribution is -0.183. The molecule has 0 atom stereocenters. The standard InChI is InChI=1S/C11H13F3N4/c12-11(13,14)10(4-5-10)7-17-9(15)18-8-3-1-2-6-16-8/h1-3,6H,4-5,7H2,(H3,15,16,17,18). The van der Waals surface area contributed by atoms with Gasteiger partial charge in [-0.05, 0) is 25.0 Å². The topological polar surface area (TPSA) is 63.3 Å². The average molecular weight is 258 g/mol. The lowest BCUT2D eigenvalue weighted by Crippen LogP contribution is -2.30. The van der Waals surface area contributed by atoms with Crippen molar-refractivity contribution in [3.05, 3.63) is 24.4 Å². The molecular formula is C11H13F3N4. The highest BCUT2D eigenvalue weighted by molar-refractivity contribution is 5.91. The van der Waals surface area contributed by atoms with Crippen LogP contribution >= 0.6 is 0 Å². The van der Waals surface area contributed by atoms with E-state index in [1.54, 1.807) is 24.4 Å². The first-order chi connectivity index (χ1) is 8.43. The van der Waals surface area contributed by atoms with E-state index in [2.05, 4.69) is 15.3 Å². The summed E-state index contributed by atoms with van der Waals surface area (Å²) in [5.74, 6) is 0.403. The van der Waals surface area contributed by atoms with Crippen molar-refractivity contribution in [1.29, 1.82) is 0 Å². The predicted molar refractivity (Wildman–Crippen MR) is 62.1 cm³/mol. The van der Waals surface area contributed by atoms with Gasteiger partial charge in [0.1, 0.15) is 5.82 Å². The fourth-order valence-electron chi connectivity index (χ4n) is 1.53. The highest BCUT2D eigenvalue weighted by Crippen LogP contribution is 2.57. The van der Waals surface area contributed by atoms with Crippen LogP contribution in [-0.2, 0) is 0 Å². The molecule has 4 nitrogen and oxygen atoms in total. The summed E-state index contributed by atoms with van der Waals surface area (Å²) in [4.78, 5) is 7.68. The predicted octanol–water partition coefficient (Wildman–Crippen LogP) is 2.15. The van der Waals surface area contributed by atoms with Crippen LogP contribution in [0, 0.1) is 5.41 Å². The maximum absolute atomic E-state index is 12.6. The molecule has 1 aromatic heterocycles. The first-order valence-corrected chi connectivity index (χ1v) is 5.48. The van der Waals surface area contributed by atoms with Crippen molar-refractivity contribution in [2.24, 2.45) is 16.1 Å². The summed E-state index contributed by atoms with van der Waals surface area (Å²) in [5, 5.41) is 2.64. The number of hydrogen-bond acceptors (Lipinski definition) is 2. The van der Waals surface area contributed by atoms with Crippen LogP contribution in [0.15, 0.2) is 29.4 Å². The number of guanidine groups is 1. The molecule has 0 unspecified atom stereocenters. The fraction of sp³-hybridized carbons (Fsp3) is 0.455. The Bertz CT molecular complexity index is 437. The zero-order chi connectivity index (χ0) is 13.2. The molecule has 0 bridgehead atoms. The van der Waals surface area contributed by atoms with Gasteiger partial charge in [0.2, 0.25) is 0 Å². The number of hydrogen-bond donors (Lipinski definition) is 2. The number of pyridine rings is 1. The number of aliphatic imine (C=N–C) groups is 1. The van der Waals surface area contributed by atoms with Crippen LogP contribution in [0.1, 0.15) is 12.8 Å². The third-order valence-corrected chi connectivity index (χ3v) is 2.93. The van der Waals surface area contributed by atoms with Gasteiger partial charge in [-0.15, -0.1) is 0 Å². The van der Waals surface area contributed by atoms with E-state index in [-0.39, 0.29) is 25.3 Å². The summed E-state index contributed by atoms with van der Waals surface area (Å²) in [5.41, 5.74) is 3.85. The van der Waals surface area contributed by atoms with Gasteiger partial charge in [0.05, 0.1) is 12.0 Å². The molecule has 7 heteroatoms. The van der Waals surface area contributed by atoms with Gasteiger partial charge in [0.25, 0.3) is 0 Å². The van der Waals surface area contributed by atoms with Crippen molar-refractivity contribution in [2.45, 2.75) is 19.0 Å². The van der Waals surface area contributed by atoms with Crippen LogP contribution in [-0.4, -0.2) is 23.7 Å². The van der Waals surface area contributed by atoms with Crippen LogP contribution < -0.4 is 11.1 Å². The van der Waals surface area contributed by atoms with E-state index in [4.69, 9.17) is 5.73 Å². The first kappa shape index (κ1) is 12.7. The van der Waals surface area contributed by atoms with Gasteiger partial charge in [0.15, 0.2) is 5.96 Å². The largest absolute Gasteiger partial charge is 0.396 e. The van der Waals surface area contributed by atoms with E-state index in [9.17, 15) is 13.2 Å². The van der Waals surface area contributed by atoms with E-state index < -0.39 is 11.6 Å². The Morgan fingerprint density at radius 3 is 2.67 bits per heavy atom. The Labute approximate surface area is 102 Å². The Kier molecular flexibility index (Phi) is 3.14. The molecule has 18 heavy (non-hydrogen) atoms. The smallest absolute Gasteiger partial charge is 0.370 e. The third-order valence-electron chi connectivity index (χ3n) is 2.93. The molecule has 1 heterocycles. The molecule has 98 valence electrons. The van der Waals surface area contributed by atoms with Gasteiger partial charge in [-0.3, -0.25) is 4.99 Å². The summed E-state index contributed by atoms with van der Waals surface area (Å²) in [6.07, 6.45) is -2.41. The number of nitrogens with zero attached hydrogens (tertiary/aromatic N) is 2. The molecule has 2 rings (SSSR count). The van der Waals surface area contributed by atoms with E-state index in [0.717, 1.165) is 0 Å². The van der Waals surface area contributed by atoms with Crippen LogP contribution in [0.3, 0.4) is 0 Å². The average Bonchev–Trinajstić information content (AvgIpc) is 3.08. The van der Waals surface area contributed by atoms with Gasteiger partial charge >= 0.3 is 6.18 Å². The maximum atomic E-state index is 12.6. The molecule has 1 aromatic rings. The molecule has 1 saturated carbocycles. The summed E-state index contributed by atoms with van der Waals surface area (Å²) in [7, 11) is 0. The molecule has 0 aromatic carbocycles. The number of rotatable bonds is 3. The maximum Gasteiger partial charge on any atom is 0.396 e. The minimum absolute atomic E-state index is 0.0516. The van der Waals surface area contributed by atoms with Gasteiger partial charge in [-0.2, -0.15) is 13.2 Å². The van der Waals surface area contributed by atoms with Crippen molar-refractivity contribution in [3.63, 3.8) is 0 Å². The monoisotopic (exact) mass is 258 g/mol. The Hall–Kier alpha value is -1.79. The number of anilines is 1. The zero-order valence-corrected chi connectivity index (χ0v) is 9.54. The van der Waals surface area contributed by atoms with Crippen LogP contribution in [0.4, 0.5) is 19.0 Å².